The maximum atomic E-state index is 14.4. The maximum absolute atomic E-state index is 14.4. The summed E-state index contributed by atoms with van der Waals surface area (Å²) in [5, 5.41) is 18.8. The number of aryl methyl sites for hydroxylation is 1. The zero-order valence-electron chi connectivity index (χ0n) is 20.6. The minimum Gasteiger partial charge on any atom is -0.371 e. The highest BCUT2D eigenvalue weighted by Gasteiger charge is 2.28. The van der Waals surface area contributed by atoms with Crippen molar-refractivity contribution in [3.8, 4) is 11.3 Å². The Morgan fingerprint density at radius 2 is 1.97 bits per heavy atom. The number of anilines is 2. The number of nitrogens with one attached hydrogen (secondary N) is 2. The van der Waals surface area contributed by atoms with E-state index in [9.17, 15) is 13.2 Å². The van der Waals surface area contributed by atoms with Crippen molar-refractivity contribution >= 4 is 23.0 Å². The van der Waals surface area contributed by atoms with E-state index in [1.807, 2.05) is 43.3 Å². The fourth-order valence-electron chi connectivity index (χ4n) is 3.77. The molecule has 190 valence electrons. The van der Waals surface area contributed by atoms with Crippen molar-refractivity contribution in [3.05, 3.63) is 30.1 Å². The fraction of sp³-hybridized carbons (Fsp3) is 0.522. The lowest BCUT2D eigenvalue weighted by Crippen LogP contribution is -2.46. The third-order valence-corrected chi connectivity index (χ3v) is 5.66. The number of hydrogen-bond donors (Lipinski definition) is 2. The minimum atomic E-state index is -2.12. The molecule has 4 rings (SSSR count). The molecule has 4 heterocycles. The van der Waals surface area contributed by atoms with Crippen LogP contribution in [0.15, 0.2) is 34.6 Å². The van der Waals surface area contributed by atoms with Gasteiger partial charge in [-0.2, -0.15) is 15.2 Å². The molecule has 0 saturated carbocycles. The van der Waals surface area contributed by atoms with Gasteiger partial charge in [0, 0.05) is 45.4 Å². The van der Waals surface area contributed by atoms with Crippen LogP contribution in [-0.4, -0.2) is 77.4 Å². The van der Waals surface area contributed by atoms with Gasteiger partial charge in [-0.05, 0) is 38.6 Å². The molecular formula is C23H32F3N9. The molecule has 1 fully saturated rings. The number of halogens is 3. The monoisotopic (exact) mass is 491 g/mol. The van der Waals surface area contributed by atoms with Crippen LogP contribution in [0.2, 0.25) is 0 Å². The van der Waals surface area contributed by atoms with Crippen LogP contribution in [0.1, 0.15) is 25.5 Å². The van der Waals surface area contributed by atoms with Gasteiger partial charge in [-0.25, -0.2) is 17.7 Å². The molecule has 1 aliphatic rings. The number of aromatic nitrogens is 4. The highest BCUT2D eigenvalue weighted by Crippen LogP contribution is 2.31. The van der Waals surface area contributed by atoms with Crippen molar-refractivity contribution < 1.29 is 13.2 Å². The summed E-state index contributed by atoms with van der Waals surface area (Å²) in [7, 11) is 5.37. The van der Waals surface area contributed by atoms with Crippen LogP contribution >= 0.6 is 0 Å². The predicted octanol–water partition coefficient (Wildman–Crippen LogP) is 4.97. The molecule has 0 aliphatic carbocycles. The first kappa shape index (κ1) is 26.3. The average molecular weight is 492 g/mol. The molecule has 12 heteroatoms. The van der Waals surface area contributed by atoms with Crippen LogP contribution < -0.4 is 10.6 Å². The van der Waals surface area contributed by atoms with E-state index in [4.69, 9.17) is 0 Å². The molecule has 2 N–H and O–H groups in total. The average Bonchev–Trinajstić information content (AvgIpc) is 3.26. The Morgan fingerprint density at radius 3 is 2.57 bits per heavy atom. The van der Waals surface area contributed by atoms with E-state index in [1.54, 1.807) is 18.6 Å². The molecule has 9 nitrogen and oxygen atoms in total. The lowest BCUT2D eigenvalue weighted by Gasteiger charge is -2.32. The van der Waals surface area contributed by atoms with Gasteiger partial charge < -0.3 is 15.5 Å². The Balaban J connectivity index is 0.000000623. The summed E-state index contributed by atoms with van der Waals surface area (Å²) in [6.45, 7) is 4.60. The van der Waals surface area contributed by atoms with E-state index in [0.29, 0.717) is 24.7 Å². The summed E-state index contributed by atoms with van der Waals surface area (Å²) in [6, 6.07) is 5.45. The Labute approximate surface area is 202 Å². The molecule has 3 aromatic heterocycles. The molecule has 2 atom stereocenters. The number of alkyl halides is 3. The summed E-state index contributed by atoms with van der Waals surface area (Å²) < 4.78 is 37.7. The summed E-state index contributed by atoms with van der Waals surface area (Å²) >= 11 is 0. The first-order chi connectivity index (χ1) is 16.8. The second-order valence-corrected chi connectivity index (χ2v) is 8.27. The lowest BCUT2D eigenvalue weighted by atomic mass is 10.0. The fourth-order valence-corrected chi connectivity index (χ4v) is 3.77. The van der Waals surface area contributed by atoms with Crippen molar-refractivity contribution in [3.63, 3.8) is 0 Å². The summed E-state index contributed by atoms with van der Waals surface area (Å²) in [4.78, 5) is 11.3. The van der Waals surface area contributed by atoms with Gasteiger partial charge in [0.25, 0.3) is 0 Å². The molecule has 0 radical (unpaired) electrons. The highest BCUT2D eigenvalue weighted by atomic mass is 19.3. The smallest absolute Gasteiger partial charge is 0.243 e. The van der Waals surface area contributed by atoms with Gasteiger partial charge in [-0.3, -0.25) is 4.98 Å². The molecule has 3 aromatic rings. The van der Waals surface area contributed by atoms with E-state index in [2.05, 4.69) is 35.9 Å². The van der Waals surface area contributed by atoms with E-state index >= 15 is 0 Å². The van der Waals surface area contributed by atoms with Crippen molar-refractivity contribution in [2.75, 3.05) is 44.9 Å². The number of nitrogens with zero attached hydrogens (tertiary/aromatic N) is 7. The molecule has 1 saturated heterocycles. The third-order valence-electron chi connectivity index (χ3n) is 5.66. The minimum absolute atomic E-state index is 0.0278. The third kappa shape index (κ3) is 6.44. The first-order valence-corrected chi connectivity index (χ1v) is 11.5. The van der Waals surface area contributed by atoms with Crippen LogP contribution in [0.4, 0.5) is 30.6 Å². The number of azo groups is 1. The number of hydrogen-bond acceptors (Lipinski definition) is 8. The Kier molecular flexibility index (Phi) is 8.96. The molecular weight excluding hydrogens is 459 g/mol. The van der Waals surface area contributed by atoms with Crippen LogP contribution in [0.25, 0.3) is 16.8 Å². The van der Waals surface area contributed by atoms with Crippen LogP contribution in [0, 0.1) is 6.92 Å². The Hall–Kier alpha value is -3.28. The van der Waals surface area contributed by atoms with Gasteiger partial charge in [-0.15, -0.1) is 5.10 Å². The van der Waals surface area contributed by atoms with E-state index < -0.39 is 12.6 Å². The molecule has 0 amide bonds. The molecule has 0 spiro atoms. The maximum Gasteiger partial charge on any atom is 0.243 e. The van der Waals surface area contributed by atoms with Crippen molar-refractivity contribution in [2.45, 2.75) is 45.3 Å². The van der Waals surface area contributed by atoms with E-state index in [-0.39, 0.29) is 12.5 Å². The second-order valence-electron chi connectivity index (χ2n) is 8.27. The number of pyridine rings is 1. The second kappa shape index (κ2) is 11.9. The predicted molar refractivity (Wildman–Crippen MR) is 132 cm³/mol. The zero-order chi connectivity index (χ0) is 25.5. The van der Waals surface area contributed by atoms with Crippen LogP contribution in [-0.2, 0) is 0 Å². The molecule has 1 aliphatic heterocycles. The molecule has 35 heavy (non-hydrogen) atoms. The van der Waals surface area contributed by atoms with Crippen LogP contribution in [0.3, 0.4) is 0 Å². The van der Waals surface area contributed by atoms with E-state index in [0.717, 1.165) is 34.7 Å². The summed E-state index contributed by atoms with van der Waals surface area (Å²) in [5.41, 5.74) is 4.03. The van der Waals surface area contributed by atoms with Gasteiger partial charge in [-0.1, -0.05) is 6.92 Å². The molecule has 0 bridgehead atoms. The van der Waals surface area contributed by atoms with Crippen molar-refractivity contribution in [1.29, 1.82) is 0 Å². The number of fused-ring (bicyclic) bond motifs is 1. The highest BCUT2D eigenvalue weighted by molar-refractivity contribution is 5.87. The van der Waals surface area contributed by atoms with Gasteiger partial charge in [0.15, 0.2) is 5.82 Å². The standard InChI is InChI=1S/C20H26FN9.C3H6F2/c1-12-15(27-23-3)5-6-16(24-12)13-7-10-30-18(13)19(22-2)26-20(28-30)25-17-8-9-29(4)11-14(17)21;1-2-3(4)5/h5-7,10,14,17H,8-9,11H2,1-4H3,(H2,22,25,26,28);3H,2H2,1H3. The lowest BCUT2D eigenvalue weighted by molar-refractivity contribution is 0.144. The largest absolute Gasteiger partial charge is 0.371 e. The van der Waals surface area contributed by atoms with E-state index in [1.165, 1.54) is 6.92 Å². The van der Waals surface area contributed by atoms with Gasteiger partial charge >= 0.3 is 0 Å². The quantitative estimate of drug-likeness (QED) is 0.473. The van der Waals surface area contributed by atoms with Crippen LogP contribution in [0.5, 0.6) is 0 Å². The zero-order valence-corrected chi connectivity index (χ0v) is 20.6. The molecule has 2 unspecified atom stereocenters. The van der Waals surface area contributed by atoms with Gasteiger partial charge in [0.2, 0.25) is 12.4 Å². The summed E-state index contributed by atoms with van der Waals surface area (Å²) in [5.74, 6) is 1.04. The topological polar surface area (TPSA) is 95.1 Å². The Morgan fingerprint density at radius 1 is 1.23 bits per heavy atom. The van der Waals surface area contributed by atoms with Crippen molar-refractivity contribution in [1.82, 2.24) is 24.5 Å². The molecule has 0 aromatic carbocycles. The SMILES string of the molecule is CCC(F)F.CN=Nc1ccc(-c2ccn3nc(NC4CCN(C)CC4F)nc(NC)c23)nc1C. The Bertz CT molecular complexity index is 1150. The van der Waals surface area contributed by atoms with Gasteiger partial charge in [0.1, 0.15) is 17.4 Å². The number of likely N-dealkylation sites (tertiary alicyclic amines) is 1. The number of piperidine rings is 1. The number of rotatable bonds is 6. The first-order valence-electron chi connectivity index (χ1n) is 11.5. The van der Waals surface area contributed by atoms with Gasteiger partial charge in [0.05, 0.1) is 17.4 Å². The normalized spacial score (nSPS) is 18.7. The summed E-state index contributed by atoms with van der Waals surface area (Å²) in [6.07, 6.45) is -0.547. The van der Waals surface area contributed by atoms with Crippen molar-refractivity contribution in [2.24, 2.45) is 10.2 Å².